The highest BCUT2D eigenvalue weighted by Gasteiger charge is 2.21. The van der Waals surface area contributed by atoms with Crippen LogP contribution in [0.5, 0.6) is 0 Å². The molecule has 0 spiro atoms. The SMILES string of the molecule is CN(CCO)c1nc(Nc2ccccc2)nc2cnc(Nc3ccc(N4CCC(N(C)C)CC4)cn3)cc12. The molecule has 1 aromatic carbocycles. The number of fused-ring (bicyclic) bond motifs is 1. The Balaban J connectivity index is 1.35. The molecule has 4 aromatic rings. The van der Waals surface area contributed by atoms with Crippen LogP contribution < -0.4 is 20.4 Å². The van der Waals surface area contributed by atoms with E-state index in [2.05, 4.69) is 55.5 Å². The van der Waals surface area contributed by atoms with Gasteiger partial charge in [-0.1, -0.05) is 18.2 Å². The Morgan fingerprint density at radius 1 is 0.921 bits per heavy atom. The lowest BCUT2D eigenvalue weighted by molar-refractivity contribution is 0.249. The lowest BCUT2D eigenvalue weighted by atomic mass is 10.0. The summed E-state index contributed by atoms with van der Waals surface area (Å²) in [6, 6.07) is 16.5. The van der Waals surface area contributed by atoms with Crippen molar-refractivity contribution in [1.82, 2.24) is 24.8 Å². The fourth-order valence-electron chi connectivity index (χ4n) is 4.76. The maximum absolute atomic E-state index is 9.54. The standard InChI is InChI=1S/C28H35N9O/c1-35(2)21-11-13-37(14-12-21)22-9-10-25(29-18-22)33-26-17-23-24(19-30-26)32-28(31-20-7-5-4-6-8-20)34-27(23)36(3)15-16-38/h4-10,17-19,21,38H,11-16H2,1-3H3,(H,29,30,33)(H,31,32,34). The van der Waals surface area contributed by atoms with Crippen LogP contribution in [0.4, 0.5) is 34.8 Å². The number of para-hydroxylation sites is 1. The number of aromatic nitrogens is 4. The topological polar surface area (TPSA) is 106 Å². The van der Waals surface area contributed by atoms with Gasteiger partial charge in [-0.25, -0.2) is 15.0 Å². The molecule has 5 rings (SSSR count). The maximum atomic E-state index is 9.54. The van der Waals surface area contributed by atoms with Crippen LogP contribution in [-0.2, 0) is 0 Å². The monoisotopic (exact) mass is 513 g/mol. The van der Waals surface area contributed by atoms with Crippen LogP contribution in [0.15, 0.2) is 60.9 Å². The number of piperidine rings is 1. The lowest BCUT2D eigenvalue weighted by Crippen LogP contribution is -2.42. The zero-order chi connectivity index (χ0) is 26.5. The summed E-state index contributed by atoms with van der Waals surface area (Å²) in [7, 11) is 6.21. The highest BCUT2D eigenvalue weighted by molar-refractivity contribution is 5.92. The van der Waals surface area contributed by atoms with Gasteiger partial charge in [0.25, 0.3) is 0 Å². The molecule has 1 saturated heterocycles. The summed E-state index contributed by atoms with van der Waals surface area (Å²) in [5, 5.41) is 16.9. The Hall–Kier alpha value is -4.02. The van der Waals surface area contributed by atoms with Crippen LogP contribution in [0.1, 0.15) is 12.8 Å². The van der Waals surface area contributed by atoms with E-state index in [0.29, 0.717) is 35.7 Å². The molecule has 1 fully saturated rings. The van der Waals surface area contributed by atoms with Gasteiger partial charge in [0.05, 0.1) is 30.2 Å². The zero-order valence-corrected chi connectivity index (χ0v) is 22.2. The van der Waals surface area contributed by atoms with Crippen molar-refractivity contribution in [2.24, 2.45) is 0 Å². The highest BCUT2D eigenvalue weighted by atomic mass is 16.3. The first kappa shape index (κ1) is 25.6. The number of likely N-dealkylation sites (N-methyl/N-ethyl adjacent to an activating group) is 1. The summed E-state index contributed by atoms with van der Waals surface area (Å²) in [6.07, 6.45) is 5.97. The number of pyridine rings is 2. The number of anilines is 6. The highest BCUT2D eigenvalue weighted by Crippen LogP contribution is 2.29. The predicted octanol–water partition coefficient (Wildman–Crippen LogP) is 3.87. The zero-order valence-electron chi connectivity index (χ0n) is 22.2. The van der Waals surface area contributed by atoms with Crippen molar-refractivity contribution in [3.8, 4) is 0 Å². The Kier molecular flexibility index (Phi) is 7.81. The summed E-state index contributed by atoms with van der Waals surface area (Å²) >= 11 is 0. The average Bonchev–Trinajstić information content (AvgIpc) is 2.94. The second-order valence-corrected chi connectivity index (χ2v) is 9.80. The van der Waals surface area contributed by atoms with E-state index in [0.717, 1.165) is 48.5 Å². The summed E-state index contributed by atoms with van der Waals surface area (Å²) < 4.78 is 0. The van der Waals surface area contributed by atoms with Crippen LogP contribution in [0.3, 0.4) is 0 Å². The third kappa shape index (κ3) is 5.92. The molecule has 0 bridgehead atoms. The molecule has 38 heavy (non-hydrogen) atoms. The van der Waals surface area contributed by atoms with Crippen LogP contribution in [0, 0.1) is 0 Å². The predicted molar refractivity (Wildman–Crippen MR) is 154 cm³/mol. The van der Waals surface area contributed by atoms with Gasteiger partial charge in [-0.05, 0) is 57.3 Å². The number of rotatable bonds is 9. The molecule has 4 heterocycles. The van der Waals surface area contributed by atoms with Gasteiger partial charge in [0, 0.05) is 43.8 Å². The van der Waals surface area contributed by atoms with Gasteiger partial charge in [-0.2, -0.15) is 4.98 Å². The van der Waals surface area contributed by atoms with Gasteiger partial charge in [-0.15, -0.1) is 0 Å². The van der Waals surface area contributed by atoms with Gasteiger partial charge in [0.1, 0.15) is 17.5 Å². The average molecular weight is 514 g/mol. The Labute approximate surface area is 223 Å². The van der Waals surface area contributed by atoms with E-state index in [1.807, 2.05) is 60.6 Å². The molecular formula is C28H35N9O. The fraction of sp³-hybridized carbons (Fsp3) is 0.357. The van der Waals surface area contributed by atoms with Crippen molar-refractivity contribution in [2.75, 3.05) is 67.8 Å². The normalized spacial score (nSPS) is 14.2. The minimum Gasteiger partial charge on any atom is -0.395 e. The van der Waals surface area contributed by atoms with Gasteiger partial charge in [-0.3, -0.25) is 0 Å². The van der Waals surface area contributed by atoms with E-state index in [1.165, 1.54) is 0 Å². The number of hydrogen-bond donors (Lipinski definition) is 3. The third-order valence-electron chi connectivity index (χ3n) is 6.95. The van der Waals surface area contributed by atoms with Crippen LogP contribution in [0.25, 0.3) is 10.9 Å². The summed E-state index contributed by atoms with van der Waals surface area (Å²) in [4.78, 5) is 25.3. The number of benzene rings is 1. The number of aliphatic hydroxyl groups is 1. The van der Waals surface area contributed by atoms with Gasteiger partial charge < -0.3 is 30.4 Å². The molecule has 10 nitrogen and oxygen atoms in total. The van der Waals surface area contributed by atoms with Crippen molar-refractivity contribution in [2.45, 2.75) is 18.9 Å². The molecule has 10 heteroatoms. The quantitative estimate of drug-likeness (QED) is 0.305. The molecule has 3 N–H and O–H groups in total. The molecule has 0 aliphatic carbocycles. The van der Waals surface area contributed by atoms with Gasteiger partial charge in [0.15, 0.2) is 0 Å². The molecule has 0 unspecified atom stereocenters. The molecule has 0 saturated carbocycles. The van der Waals surface area contributed by atoms with Gasteiger partial charge >= 0.3 is 0 Å². The van der Waals surface area contributed by atoms with Crippen molar-refractivity contribution in [3.63, 3.8) is 0 Å². The molecular weight excluding hydrogens is 478 g/mol. The van der Waals surface area contributed by atoms with E-state index < -0.39 is 0 Å². The number of nitrogens with zero attached hydrogens (tertiary/aromatic N) is 7. The van der Waals surface area contributed by atoms with E-state index in [-0.39, 0.29) is 6.61 Å². The summed E-state index contributed by atoms with van der Waals surface area (Å²) in [5.74, 6) is 2.54. The van der Waals surface area contributed by atoms with E-state index in [1.54, 1.807) is 6.20 Å². The lowest BCUT2D eigenvalue weighted by Gasteiger charge is -2.36. The Morgan fingerprint density at radius 2 is 1.68 bits per heavy atom. The van der Waals surface area contributed by atoms with Crippen molar-refractivity contribution in [1.29, 1.82) is 0 Å². The fourth-order valence-corrected chi connectivity index (χ4v) is 4.76. The van der Waals surface area contributed by atoms with Crippen LogP contribution in [0.2, 0.25) is 0 Å². The second kappa shape index (κ2) is 11.6. The first-order chi connectivity index (χ1) is 18.5. The Bertz CT molecular complexity index is 1340. The van der Waals surface area contributed by atoms with E-state index >= 15 is 0 Å². The first-order valence-corrected chi connectivity index (χ1v) is 13.0. The second-order valence-electron chi connectivity index (χ2n) is 9.80. The number of hydrogen-bond acceptors (Lipinski definition) is 10. The molecule has 0 amide bonds. The minimum absolute atomic E-state index is 0.0166. The largest absolute Gasteiger partial charge is 0.395 e. The molecule has 1 aliphatic rings. The molecule has 1 aliphatic heterocycles. The van der Waals surface area contributed by atoms with Crippen molar-refractivity contribution >= 4 is 45.7 Å². The number of nitrogens with one attached hydrogen (secondary N) is 2. The molecule has 0 radical (unpaired) electrons. The molecule has 198 valence electrons. The third-order valence-corrected chi connectivity index (χ3v) is 6.95. The van der Waals surface area contributed by atoms with Crippen LogP contribution in [-0.4, -0.2) is 83.4 Å². The van der Waals surface area contributed by atoms with E-state index in [4.69, 9.17) is 4.98 Å². The molecule has 3 aromatic heterocycles. The van der Waals surface area contributed by atoms with Crippen LogP contribution >= 0.6 is 0 Å². The minimum atomic E-state index is 0.0166. The smallest absolute Gasteiger partial charge is 0.229 e. The summed E-state index contributed by atoms with van der Waals surface area (Å²) in [5.41, 5.74) is 2.73. The Morgan fingerprint density at radius 3 is 2.37 bits per heavy atom. The number of aliphatic hydroxyl groups excluding tert-OH is 1. The van der Waals surface area contributed by atoms with Crippen molar-refractivity contribution < 1.29 is 5.11 Å². The summed E-state index contributed by atoms with van der Waals surface area (Å²) in [6.45, 7) is 2.53. The molecule has 0 atom stereocenters. The first-order valence-electron chi connectivity index (χ1n) is 13.0. The van der Waals surface area contributed by atoms with Gasteiger partial charge in [0.2, 0.25) is 5.95 Å². The van der Waals surface area contributed by atoms with Crippen molar-refractivity contribution in [3.05, 3.63) is 60.9 Å². The van der Waals surface area contributed by atoms with E-state index in [9.17, 15) is 5.11 Å². The maximum Gasteiger partial charge on any atom is 0.229 e.